The van der Waals surface area contributed by atoms with E-state index in [0.717, 1.165) is 24.2 Å². The Morgan fingerprint density at radius 3 is 2.55 bits per heavy atom. The highest BCUT2D eigenvalue weighted by Gasteiger charge is 2.15. The maximum atomic E-state index is 12.3. The van der Waals surface area contributed by atoms with Gasteiger partial charge in [0.15, 0.2) is 0 Å². The molecule has 0 aliphatic heterocycles. The molecule has 0 aliphatic rings. The largest absolute Gasteiger partial charge is 0.467 e. The Bertz CT molecular complexity index is 505. The lowest BCUT2D eigenvalue weighted by Crippen LogP contribution is -2.29. The Morgan fingerprint density at radius 2 is 1.90 bits per heavy atom. The van der Waals surface area contributed by atoms with Crippen molar-refractivity contribution in [3.05, 3.63) is 60.1 Å². The van der Waals surface area contributed by atoms with E-state index in [4.69, 9.17) is 4.42 Å². The third-order valence-corrected chi connectivity index (χ3v) is 3.24. The van der Waals surface area contributed by atoms with Crippen molar-refractivity contribution >= 4 is 5.91 Å². The van der Waals surface area contributed by atoms with Crippen LogP contribution in [-0.2, 0) is 17.9 Å². The molecule has 0 atom stereocenters. The SMILES string of the molecule is CCCCC(=O)N(Cc1ccccc1)Cc1ccco1. The van der Waals surface area contributed by atoms with Crippen LogP contribution in [0.1, 0.15) is 37.5 Å². The van der Waals surface area contributed by atoms with Gasteiger partial charge >= 0.3 is 0 Å². The molecule has 0 aliphatic carbocycles. The summed E-state index contributed by atoms with van der Waals surface area (Å²) in [6.45, 7) is 3.26. The highest BCUT2D eigenvalue weighted by molar-refractivity contribution is 5.76. The van der Waals surface area contributed by atoms with Crippen LogP contribution >= 0.6 is 0 Å². The van der Waals surface area contributed by atoms with Crippen LogP contribution in [0.25, 0.3) is 0 Å². The fourth-order valence-corrected chi connectivity index (χ4v) is 2.11. The number of carbonyl (C=O) groups excluding carboxylic acids is 1. The van der Waals surface area contributed by atoms with Crippen molar-refractivity contribution in [3.8, 4) is 0 Å². The average Bonchev–Trinajstić information content (AvgIpc) is 2.98. The summed E-state index contributed by atoms with van der Waals surface area (Å²) in [7, 11) is 0. The first-order valence-electron chi connectivity index (χ1n) is 7.13. The summed E-state index contributed by atoms with van der Waals surface area (Å²) in [6.07, 6.45) is 4.21. The van der Waals surface area contributed by atoms with Crippen LogP contribution in [0.5, 0.6) is 0 Å². The quantitative estimate of drug-likeness (QED) is 0.762. The smallest absolute Gasteiger partial charge is 0.223 e. The Balaban J connectivity index is 2.05. The van der Waals surface area contributed by atoms with Crippen LogP contribution in [-0.4, -0.2) is 10.8 Å². The first-order chi connectivity index (χ1) is 9.79. The molecule has 0 fully saturated rings. The number of furan rings is 1. The van der Waals surface area contributed by atoms with Gasteiger partial charge < -0.3 is 9.32 Å². The molecule has 3 heteroatoms. The van der Waals surface area contributed by atoms with E-state index >= 15 is 0 Å². The van der Waals surface area contributed by atoms with Crippen LogP contribution in [0.4, 0.5) is 0 Å². The molecule has 0 radical (unpaired) electrons. The van der Waals surface area contributed by atoms with Gasteiger partial charge in [-0.2, -0.15) is 0 Å². The van der Waals surface area contributed by atoms with Crippen LogP contribution in [0.2, 0.25) is 0 Å². The van der Waals surface area contributed by atoms with Gasteiger partial charge in [-0.1, -0.05) is 43.7 Å². The number of hydrogen-bond donors (Lipinski definition) is 0. The van der Waals surface area contributed by atoms with Gasteiger partial charge in [-0.15, -0.1) is 0 Å². The molecule has 0 unspecified atom stereocenters. The molecule has 0 saturated heterocycles. The fourth-order valence-electron chi connectivity index (χ4n) is 2.11. The lowest BCUT2D eigenvalue weighted by Gasteiger charge is -2.22. The summed E-state index contributed by atoms with van der Waals surface area (Å²) in [6, 6.07) is 13.8. The molecule has 3 nitrogen and oxygen atoms in total. The van der Waals surface area contributed by atoms with E-state index < -0.39 is 0 Å². The number of carbonyl (C=O) groups is 1. The van der Waals surface area contributed by atoms with Crippen molar-refractivity contribution in [3.63, 3.8) is 0 Å². The predicted molar refractivity (Wildman–Crippen MR) is 78.9 cm³/mol. The molecular formula is C17H21NO2. The third-order valence-electron chi connectivity index (χ3n) is 3.24. The molecule has 1 heterocycles. The normalized spacial score (nSPS) is 10.4. The van der Waals surface area contributed by atoms with Gasteiger partial charge in [-0.25, -0.2) is 0 Å². The second-order valence-corrected chi connectivity index (χ2v) is 4.92. The van der Waals surface area contributed by atoms with E-state index in [1.165, 1.54) is 0 Å². The lowest BCUT2D eigenvalue weighted by atomic mass is 10.2. The average molecular weight is 271 g/mol. The van der Waals surface area contributed by atoms with Gasteiger partial charge in [-0.3, -0.25) is 4.79 Å². The minimum Gasteiger partial charge on any atom is -0.467 e. The van der Waals surface area contributed by atoms with Crippen molar-refractivity contribution in [1.29, 1.82) is 0 Å². The molecule has 2 aromatic rings. The number of unbranched alkanes of at least 4 members (excludes halogenated alkanes) is 1. The van der Waals surface area contributed by atoms with Crippen LogP contribution in [0.15, 0.2) is 53.1 Å². The lowest BCUT2D eigenvalue weighted by molar-refractivity contribution is -0.132. The van der Waals surface area contributed by atoms with Gasteiger partial charge in [-0.05, 0) is 24.1 Å². The molecular weight excluding hydrogens is 250 g/mol. The number of hydrogen-bond acceptors (Lipinski definition) is 2. The second kappa shape index (κ2) is 7.53. The summed E-state index contributed by atoms with van der Waals surface area (Å²) < 4.78 is 5.36. The highest BCUT2D eigenvalue weighted by Crippen LogP contribution is 2.13. The molecule has 0 N–H and O–H groups in total. The van der Waals surface area contributed by atoms with E-state index in [-0.39, 0.29) is 5.91 Å². The van der Waals surface area contributed by atoms with Crippen molar-refractivity contribution in [2.75, 3.05) is 0 Å². The third kappa shape index (κ3) is 4.26. The summed E-state index contributed by atoms with van der Waals surface area (Å²) in [5, 5.41) is 0. The zero-order valence-corrected chi connectivity index (χ0v) is 11.9. The van der Waals surface area contributed by atoms with Gasteiger partial charge in [0.25, 0.3) is 0 Å². The topological polar surface area (TPSA) is 33.5 Å². The van der Waals surface area contributed by atoms with E-state index in [0.29, 0.717) is 19.5 Å². The van der Waals surface area contributed by atoms with Crippen molar-refractivity contribution in [2.24, 2.45) is 0 Å². The van der Waals surface area contributed by atoms with Crippen LogP contribution in [0, 0.1) is 0 Å². The fraction of sp³-hybridized carbons (Fsp3) is 0.353. The van der Waals surface area contributed by atoms with E-state index in [2.05, 4.69) is 6.92 Å². The molecule has 0 bridgehead atoms. The highest BCUT2D eigenvalue weighted by atomic mass is 16.3. The molecule has 2 rings (SSSR count). The first kappa shape index (κ1) is 14.4. The second-order valence-electron chi connectivity index (χ2n) is 4.92. The van der Waals surface area contributed by atoms with Gasteiger partial charge in [0.05, 0.1) is 12.8 Å². The molecule has 0 spiro atoms. The molecule has 106 valence electrons. The summed E-state index contributed by atoms with van der Waals surface area (Å²) >= 11 is 0. The summed E-state index contributed by atoms with van der Waals surface area (Å²) in [5.41, 5.74) is 1.14. The maximum absolute atomic E-state index is 12.3. The Kier molecular flexibility index (Phi) is 5.42. The number of amides is 1. The zero-order chi connectivity index (χ0) is 14.2. The number of benzene rings is 1. The van der Waals surface area contributed by atoms with Crippen LogP contribution < -0.4 is 0 Å². The minimum absolute atomic E-state index is 0.187. The molecule has 0 saturated carbocycles. The Labute approximate surface area is 120 Å². The minimum atomic E-state index is 0.187. The van der Waals surface area contributed by atoms with Crippen molar-refractivity contribution in [2.45, 2.75) is 39.3 Å². The van der Waals surface area contributed by atoms with Crippen LogP contribution in [0.3, 0.4) is 0 Å². The molecule has 1 amide bonds. The predicted octanol–water partition coefficient (Wildman–Crippen LogP) is 4.00. The van der Waals surface area contributed by atoms with Crippen molar-refractivity contribution < 1.29 is 9.21 Å². The Hall–Kier alpha value is -2.03. The molecule has 20 heavy (non-hydrogen) atoms. The van der Waals surface area contributed by atoms with E-state index in [1.807, 2.05) is 47.4 Å². The van der Waals surface area contributed by atoms with Gasteiger partial charge in [0, 0.05) is 13.0 Å². The summed E-state index contributed by atoms with van der Waals surface area (Å²) in [5.74, 6) is 1.01. The van der Waals surface area contributed by atoms with Gasteiger partial charge in [0.1, 0.15) is 5.76 Å². The zero-order valence-electron chi connectivity index (χ0n) is 11.9. The van der Waals surface area contributed by atoms with Crippen molar-refractivity contribution in [1.82, 2.24) is 4.90 Å². The summed E-state index contributed by atoms with van der Waals surface area (Å²) in [4.78, 5) is 14.2. The maximum Gasteiger partial charge on any atom is 0.223 e. The monoisotopic (exact) mass is 271 g/mol. The van der Waals surface area contributed by atoms with Gasteiger partial charge in [0.2, 0.25) is 5.91 Å². The number of nitrogens with zero attached hydrogens (tertiary/aromatic N) is 1. The molecule has 1 aromatic carbocycles. The molecule has 1 aromatic heterocycles. The number of rotatable bonds is 7. The van der Waals surface area contributed by atoms with E-state index in [1.54, 1.807) is 6.26 Å². The first-order valence-corrected chi connectivity index (χ1v) is 7.13. The Morgan fingerprint density at radius 1 is 1.10 bits per heavy atom. The standard InChI is InChI=1S/C17H21NO2/c1-2-3-11-17(19)18(14-16-10-7-12-20-16)13-15-8-5-4-6-9-15/h4-10,12H,2-3,11,13-14H2,1H3. The van der Waals surface area contributed by atoms with E-state index in [9.17, 15) is 4.79 Å².